The lowest BCUT2D eigenvalue weighted by Crippen LogP contribution is -2.47. The van der Waals surface area contributed by atoms with Crippen molar-refractivity contribution in [3.63, 3.8) is 0 Å². The number of hydrogen-bond acceptors (Lipinski definition) is 14. The average Bonchev–Trinajstić information content (AvgIpc) is 3.09. The van der Waals surface area contributed by atoms with Gasteiger partial charge in [0.2, 0.25) is 6.79 Å². The Morgan fingerprint density at radius 3 is 2.47 bits per heavy atom. The fraction of sp³-hybridized carbons (Fsp3) is 0.500. The van der Waals surface area contributed by atoms with E-state index in [4.69, 9.17) is 37.9 Å². The molecule has 0 bridgehead atoms. The second-order valence-electron chi connectivity index (χ2n) is 10.7. The molecule has 4 atom stereocenters. The Bertz CT molecular complexity index is 1370. The fourth-order valence-corrected chi connectivity index (χ4v) is 4.36. The van der Waals surface area contributed by atoms with Crippen molar-refractivity contribution in [2.24, 2.45) is 11.8 Å². The molecule has 1 aromatic heterocycles. The summed E-state index contributed by atoms with van der Waals surface area (Å²) in [5.41, 5.74) is 0.443. The van der Waals surface area contributed by atoms with Crippen LogP contribution in [-0.2, 0) is 54.0 Å². The molecule has 4 unspecified atom stereocenters. The second kappa shape index (κ2) is 18.4. The zero-order chi connectivity index (χ0) is 34.3. The lowest BCUT2D eigenvalue weighted by Gasteiger charge is -2.29. The molecular weight excluding hydrogens is 620 g/mol. The average molecular weight is 661 g/mol. The summed E-state index contributed by atoms with van der Waals surface area (Å²) in [7, 11) is 2.81. The Balaban J connectivity index is 1.78. The standard InChI is InChI=1S/C32H40N2O13/c1-19(2)30(37)47-27-20(3)46-32(39)23(16-43-31(38)22(27)15-21-9-7-6-8-10-21)34-29(36)26-28(24(41-5)11-12-33-26)45-18-44-25(35)17-42-14-13-40-4/h6-12,19-20,22-23,27H,13-18H2,1-5H3,(H,34,36). The van der Waals surface area contributed by atoms with Crippen LogP contribution >= 0.6 is 0 Å². The van der Waals surface area contributed by atoms with E-state index in [1.165, 1.54) is 33.4 Å². The van der Waals surface area contributed by atoms with E-state index in [2.05, 4.69) is 10.3 Å². The van der Waals surface area contributed by atoms with Crippen LogP contribution < -0.4 is 14.8 Å². The van der Waals surface area contributed by atoms with Crippen molar-refractivity contribution in [2.45, 2.75) is 45.4 Å². The van der Waals surface area contributed by atoms with Crippen LogP contribution in [0.1, 0.15) is 36.8 Å². The second-order valence-corrected chi connectivity index (χ2v) is 10.7. The normalized spacial score (nSPS) is 19.7. The van der Waals surface area contributed by atoms with E-state index in [9.17, 15) is 24.0 Å². The molecule has 1 amide bonds. The van der Waals surface area contributed by atoms with E-state index in [1.807, 2.05) is 6.07 Å². The van der Waals surface area contributed by atoms with Gasteiger partial charge in [0, 0.05) is 19.4 Å². The van der Waals surface area contributed by atoms with Gasteiger partial charge in [-0.3, -0.25) is 14.4 Å². The Labute approximate surface area is 272 Å². The van der Waals surface area contributed by atoms with Crippen LogP contribution in [0.2, 0.25) is 0 Å². The van der Waals surface area contributed by atoms with Gasteiger partial charge in [-0.15, -0.1) is 0 Å². The van der Waals surface area contributed by atoms with Crippen LogP contribution in [0, 0.1) is 11.8 Å². The molecule has 1 aromatic carbocycles. The van der Waals surface area contributed by atoms with Crippen LogP contribution in [0.25, 0.3) is 0 Å². The number of hydrogen-bond donors (Lipinski definition) is 1. The summed E-state index contributed by atoms with van der Waals surface area (Å²) in [5.74, 6) is -5.59. The van der Waals surface area contributed by atoms with Gasteiger partial charge in [-0.05, 0) is 18.9 Å². The summed E-state index contributed by atoms with van der Waals surface area (Å²) in [4.78, 5) is 68.8. The molecule has 0 aliphatic carbocycles. The molecule has 1 N–H and O–H groups in total. The smallest absolute Gasteiger partial charge is 0.334 e. The minimum Gasteiger partial charge on any atom is -0.493 e. The number of amides is 1. The summed E-state index contributed by atoms with van der Waals surface area (Å²) >= 11 is 0. The minimum absolute atomic E-state index is 0.0770. The maximum absolute atomic E-state index is 13.5. The van der Waals surface area contributed by atoms with Crippen molar-refractivity contribution >= 4 is 29.8 Å². The number of nitrogens with one attached hydrogen (secondary N) is 1. The van der Waals surface area contributed by atoms with Gasteiger partial charge in [0.15, 0.2) is 29.3 Å². The maximum atomic E-state index is 13.5. The molecule has 0 radical (unpaired) electrons. The van der Waals surface area contributed by atoms with Crippen LogP contribution in [0.4, 0.5) is 0 Å². The number of carbonyl (C=O) groups is 5. The molecule has 47 heavy (non-hydrogen) atoms. The van der Waals surface area contributed by atoms with Gasteiger partial charge in [0.1, 0.15) is 25.2 Å². The van der Waals surface area contributed by atoms with E-state index < -0.39 is 73.3 Å². The number of rotatable bonds is 15. The summed E-state index contributed by atoms with van der Waals surface area (Å²) < 4.78 is 42.5. The maximum Gasteiger partial charge on any atom is 0.334 e. The summed E-state index contributed by atoms with van der Waals surface area (Å²) in [6, 6.07) is 8.96. The predicted octanol–water partition coefficient (Wildman–Crippen LogP) is 1.65. The lowest BCUT2D eigenvalue weighted by molar-refractivity contribution is -0.176. The van der Waals surface area contributed by atoms with Gasteiger partial charge in [-0.2, -0.15) is 0 Å². The molecule has 15 nitrogen and oxygen atoms in total. The monoisotopic (exact) mass is 660 g/mol. The third-order valence-electron chi connectivity index (χ3n) is 6.85. The quantitative estimate of drug-likeness (QED) is 0.126. The highest BCUT2D eigenvalue weighted by Gasteiger charge is 2.42. The van der Waals surface area contributed by atoms with Crippen molar-refractivity contribution in [1.29, 1.82) is 0 Å². The third kappa shape index (κ3) is 10.9. The largest absolute Gasteiger partial charge is 0.493 e. The molecule has 1 aliphatic rings. The van der Waals surface area contributed by atoms with E-state index in [1.54, 1.807) is 38.1 Å². The molecule has 3 rings (SSSR count). The number of cyclic esters (lactones) is 2. The summed E-state index contributed by atoms with van der Waals surface area (Å²) in [6.07, 6.45) is -0.871. The van der Waals surface area contributed by atoms with Gasteiger partial charge < -0.3 is 43.2 Å². The number of pyridine rings is 1. The molecule has 1 saturated heterocycles. The van der Waals surface area contributed by atoms with Crippen LogP contribution in [0.5, 0.6) is 11.5 Å². The fourth-order valence-electron chi connectivity index (χ4n) is 4.36. The highest BCUT2D eigenvalue weighted by molar-refractivity contribution is 5.98. The van der Waals surface area contributed by atoms with Crippen molar-refractivity contribution < 1.29 is 61.9 Å². The van der Waals surface area contributed by atoms with Crippen molar-refractivity contribution in [3.8, 4) is 11.5 Å². The molecule has 2 aromatic rings. The van der Waals surface area contributed by atoms with E-state index in [-0.39, 0.29) is 36.8 Å². The van der Waals surface area contributed by atoms with Gasteiger partial charge in [-0.1, -0.05) is 44.2 Å². The van der Waals surface area contributed by atoms with Gasteiger partial charge in [0.05, 0.1) is 26.2 Å². The molecule has 256 valence electrons. The summed E-state index contributed by atoms with van der Waals surface area (Å²) in [5, 5.41) is 2.45. The lowest BCUT2D eigenvalue weighted by atomic mass is 9.91. The first kappa shape index (κ1) is 36.7. The van der Waals surface area contributed by atoms with Crippen LogP contribution in [0.15, 0.2) is 42.6 Å². The number of nitrogens with zero attached hydrogens (tertiary/aromatic N) is 1. The minimum atomic E-state index is -1.48. The zero-order valence-electron chi connectivity index (χ0n) is 26.9. The zero-order valence-corrected chi connectivity index (χ0v) is 26.9. The topological polar surface area (TPSA) is 184 Å². The first-order valence-electron chi connectivity index (χ1n) is 14.9. The molecule has 0 spiro atoms. The van der Waals surface area contributed by atoms with E-state index in [0.29, 0.717) is 6.61 Å². The first-order chi connectivity index (χ1) is 22.5. The number of benzene rings is 1. The highest BCUT2D eigenvalue weighted by atomic mass is 16.7. The van der Waals surface area contributed by atoms with E-state index >= 15 is 0 Å². The molecule has 1 fully saturated rings. The number of esters is 4. The van der Waals surface area contributed by atoms with Crippen LogP contribution in [0.3, 0.4) is 0 Å². The third-order valence-corrected chi connectivity index (χ3v) is 6.85. The number of ether oxygens (including phenoxy) is 8. The Morgan fingerprint density at radius 1 is 1.04 bits per heavy atom. The number of aromatic nitrogens is 1. The Morgan fingerprint density at radius 2 is 1.79 bits per heavy atom. The summed E-state index contributed by atoms with van der Waals surface area (Å²) in [6.45, 7) is 3.68. The van der Waals surface area contributed by atoms with Crippen molar-refractivity contribution in [3.05, 3.63) is 53.9 Å². The van der Waals surface area contributed by atoms with Gasteiger partial charge in [0.25, 0.3) is 5.91 Å². The van der Waals surface area contributed by atoms with Crippen molar-refractivity contribution in [2.75, 3.05) is 47.4 Å². The molecular formula is C32H40N2O13. The Kier molecular flexibility index (Phi) is 14.4. The highest BCUT2D eigenvalue weighted by Crippen LogP contribution is 2.30. The molecule has 1 aliphatic heterocycles. The molecule has 15 heteroatoms. The molecule has 2 heterocycles. The SMILES string of the molecule is COCCOCC(=O)OCOc1c(OC)ccnc1C(=O)NC1COC(=O)C(Cc2ccccc2)C(OC(=O)C(C)C)C(C)OC1=O. The predicted molar refractivity (Wildman–Crippen MR) is 161 cm³/mol. The molecule has 0 saturated carbocycles. The van der Waals surface area contributed by atoms with E-state index in [0.717, 1.165) is 5.56 Å². The van der Waals surface area contributed by atoms with Gasteiger partial charge >= 0.3 is 23.9 Å². The number of methoxy groups -OCH3 is 2. The Hall–Kier alpha value is -4.76. The van der Waals surface area contributed by atoms with Crippen LogP contribution in [-0.4, -0.2) is 100 Å². The van der Waals surface area contributed by atoms with Crippen molar-refractivity contribution in [1.82, 2.24) is 10.3 Å². The first-order valence-corrected chi connectivity index (χ1v) is 14.9. The number of carbonyl (C=O) groups excluding carboxylic acids is 5. The van der Waals surface area contributed by atoms with Gasteiger partial charge in [-0.25, -0.2) is 14.6 Å².